The minimum atomic E-state index is -3.11. The highest BCUT2D eigenvalue weighted by molar-refractivity contribution is 7.89. The molecule has 1 saturated carbocycles. The maximum atomic E-state index is 12.1. The van der Waals surface area contributed by atoms with Crippen LogP contribution in [-0.4, -0.2) is 33.3 Å². The quantitative estimate of drug-likeness (QED) is 0.532. The Labute approximate surface area is 118 Å². The zero-order valence-electron chi connectivity index (χ0n) is 12.5. The van der Waals surface area contributed by atoms with Gasteiger partial charge in [-0.15, -0.1) is 0 Å². The minimum Gasteiger partial charge on any atom is -0.317 e. The van der Waals surface area contributed by atoms with Crippen LogP contribution in [0, 0.1) is 5.92 Å². The second kappa shape index (κ2) is 8.93. The number of sulfonamides is 1. The summed E-state index contributed by atoms with van der Waals surface area (Å²) >= 11 is 0. The van der Waals surface area contributed by atoms with Crippen molar-refractivity contribution in [3.63, 3.8) is 0 Å². The van der Waals surface area contributed by atoms with Crippen LogP contribution in [0.4, 0.5) is 0 Å². The van der Waals surface area contributed by atoms with Gasteiger partial charge in [0.1, 0.15) is 0 Å². The van der Waals surface area contributed by atoms with Crippen LogP contribution in [0.2, 0.25) is 0 Å². The van der Waals surface area contributed by atoms with E-state index < -0.39 is 10.0 Å². The molecule has 0 amide bonds. The van der Waals surface area contributed by atoms with Crippen LogP contribution in [0.15, 0.2) is 0 Å². The Morgan fingerprint density at radius 3 is 2.58 bits per heavy atom. The van der Waals surface area contributed by atoms with Crippen molar-refractivity contribution in [2.75, 3.05) is 18.8 Å². The molecule has 1 aliphatic carbocycles. The predicted octanol–water partition coefficient (Wildman–Crippen LogP) is 2.26. The largest absolute Gasteiger partial charge is 0.317 e. The van der Waals surface area contributed by atoms with E-state index in [2.05, 4.69) is 23.9 Å². The first kappa shape index (κ1) is 16.9. The molecule has 1 fully saturated rings. The standard InChI is InChI=1S/C14H30N2O2S/c1-3-10-15-11-7-12-19(17,18)16-14-9-6-4-5-8-13(14)2/h13-16H,3-12H2,1-2H3. The van der Waals surface area contributed by atoms with Crippen LogP contribution in [-0.2, 0) is 10.0 Å². The van der Waals surface area contributed by atoms with Crippen LogP contribution in [0.5, 0.6) is 0 Å². The van der Waals surface area contributed by atoms with Crippen molar-refractivity contribution in [3.8, 4) is 0 Å². The molecule has 0 aliphatic heterocycles. The minimum absolute atomic E-state index is 0.149. The van der Waals surface area contributed by atoms with Gasteiger partial charge in [0.15, 0.2) is 0 Å². The van der Waals surface area contributed by atoms with Crippen LogP contribution < -0.4 is 10.0 Å². The Balaban J connectivity index is 2.31. The van der Waals surface area contributed by atoms with Gasteiger partial charge in [-0.2, -0.15) is 0 Å². The van der Waals surface area contributed by atoms with E-state index in [4.69, 9.17) is 0 Å². The Kier molecular flexibility index (Phi) is 7.95. The first-order chi connectivity index (χ1) is 9.05. The lowest BCUT2D eigenvalue weighted by Gasteiger charge is -2.22. The molecule has 1 rings (SSSR count). The lowest BCUT2D eigenvalue weighted by molar-refractivity contribution is 0.399. The fourth-order valence-electron chi connectivity index (χ4n) is 2.65. The van der Waals surface area contributed by atoms with Crippen molar-refractivity contribution in [2.45, 2.75) is 64.8 Å². The summed E-state index contributed by atoms with van der Waals surface area (Å²) in [5, 5.41) is 3.24. The van der Waals surface area contributed by atoms with Crippen molar-refractivity contribution < 1.29 is 8.42 Å². The Morgan fingerprint density at radius 1 is 1.11 bits per heavy atom. The SMILES string of the molecule is CCCNCCCS(=O)(=O)NC1CCCCCC1C. The van der Waals surface area contributed by atoms with Gasteiger partial charge in [-0.1, -0.05) is 33.1 Å². The summed E-state index contributed by atoms with van der Waals surface area (Å²) in [6, 6.07) is 0.149. The van der Waals surface area contributed by atoms with E-state index in [-0.39, 0.29) is 11.8 Å². The van der Waals surface area contributed by atoms with Crippen LogP contribution in [0.3, 0.4) is 0 Å². The average molecular weight is 290 g/mol. The van der Waals surface area contributed by atoms with E-state index in [9.17, 15) is 8.42 Å². The molecule has 0 radical (unpaired) electrons. The van der Waals surface area contributed by atoms with Crippen molar-refractivity contribution >= 4 is 10.0 Å². The van der Waals surface area contributed by atoms with Gasteiger partial charge in [-0.3, -0.25) is 0 Å². The van der Waals surface area contributed by atoms with Crippen molar-refractivity contribution in [1.29, 1.82) is 0 Å². The highest BCUT2D eigenvalue weighted by Gasteiger charge is 2.24. The third-order valence-electron chi connectivity index (χ3n) is 3.89. The van der Waals surface area contributed by atoms with E-state index in [1.165, 1.54) is 12.8 Å². The maximum Gasteiger partial charge on any atom is 0.211 e. The summed E-state index contributed by atoms with van der Waals surface area (Å²) in [7, 11) is -3.11. The third kappa shape index (κ3) is 7.28. The Bertz CT molecular complexity index is 330. The molecular formula is C14H30N2O2S. The average Bonchev–Trinajstić information content (AvgIpc) is 2.54. The van der Waals surface area contributed by atoms with Gasteiger partial charge in [-0.25, -0.2) is 13.1 Å². The lowest BCUT2D eigenvalue weighted by atomic mass is 9.98. The molecule has 19 heavy (non-hydrogen) atoms. The van der Waals surface area contributed by atoms with Crippen LogP contribution in [0.1, 0.15) is 58.8 Å². The van der Waals surface area contributed by atoms with Crippen LogP contribution in [0.25, 0.3) is 0 Å². The molecule has 114 valence electrons. The molecular weight excluding hydrogens is 260 g/mol. The van der Waals surface area contributed by atoms with Crippen molar-refractivity contribution in [2.24, 2.45) is 5.92 Å². The normalized spacial score (nSPS) is 25.2. The second-order valence-electron chi connectivity index (χ2n) is 5.76. The maximum absolute atomic E-state index is 12.1. The number of hydrogen-bond donors (Lipinski definition) is 2. The van der Waals surface area contributed by atoms with E-state index >= 15 is 0 Å². The molecule has 5 heteroatoms. The second-order valence-corrected chi connectivity index (χ2v) is 7.64. The summed E-state index contributed by atoms with van der Waals surface area (Å²) < 4.78 is 27.0. The highest BCUT2D eigenvalue weighted by atomic mass is 32.2. The van der Waals surface area contributed by atoms with Gasteiger partial charge < -0.3 is 5.32 Å². The molecule has 4 nitrogen and oxygen atoms in total. The number of rotatable bonds is 8. The molecule has 1 aliphatic rings. The molecule has 0 bridgehead atoms. The monoisotopic (exact) mass is 290 g/mol. The van der Waals surface area contributed by atoms with Gasteiger partial charge >= 0.3 is 0 Å². The molecule has 2 N–H and O–H groups in total. The number of hydrogen-bond acceptors (Lipinski definition) is 3. The smallest absolute Gasteiger partial charge is 0.211 e. The predicted molar refractivity (Wildman–Crippen MR) is 80.7 cm³/mol. The van der Waals surface area contributed by atoms with E-state index in [0.29, 0.717) is 12.3 Å². The molecule has 0 spiro atoms. The van der Waals surface area contributed by atoms with Crippen LogP contribution >= 0.6 is 0 Å². The van der Waals surface area contributed by atoms with Gasteiger partial charge in [0.05, 0.1) is 5.75 Å². The Morgan fingerprint density at radius 2 is 1.84 bits per heavy atom. The molecule has 2 atom stereocenters. The zero-order valence-corrected chi connectivity index (χ0v) is 13.3. The zero-order chi connectivity index (χ0) is 14.1. The Hall–Kier alpha value is -0.130. The lowest BCUT2D eigenvalue weighted by Crippen LogP contribution is -2.40. The molecule has 0 heterocycles. The summed E-state index contributed by atoms with van der Waals surface area (Å²) in [5.41, 5.74) is 0. The van der Waals surface area contributed by atoms with E-state index in [0.717, 1.165) is 38.8 Å². The van der Waals surface area contributed by atoms with Gasteiger partial charge in [-0.05, 0) is 44.7 Å². The van der Waals surface area contributed by atoms with Gasteiger partial charge in [0.25, 0.3) is 0 Å². The van der Waals surface area contributed by atoms with E-state index in [1.807, 2.05) is 0 Å². The molecule has 0 aromatic rings. The summed E-state index contributed by atoms with van der Waals surface area (Å²) in [5.74, 6) is 0.711. The van der Waals surface area contributed by atoms with Crippen molar-refractivity contribution in [3.05, 3.63) is 0 Å². The molecule has 0 aromatic heterocycles. The molecule has 0 saturated heterocycles. The summed E-state index contributed by atoms with van der Waals surface area (Å²) in [6.45, 7) is 6.03. The van der Waals surface area contributed by atoms with Gasteiger partial charge in [0, 0.05) is 6.04 Å². The fraction of sp³-hybridized carbons (Fsp3) is 1.00. The van der Waals surface area contributed by atoms with Gasteiger partial charge in [0.2, 0.25) is 10.0 Å². The third-order valence-corrected chi connectivity index (χ3v) is 5.37. The molecule has 0 aromatic carbocycles. The first-order valence-electron chi connectivity index (χ1n) is 7.76. The highest BCUT2D eigenvalue weighted by Crippen LogP contribution is 2.23. The summed E-state index contributed by atoms with van der Waals surface area (Å²) in [6.07, 6.45) is 7.54. The first-order valence-corrected chi connectivity index (χ1v) is 9.41. The number of nitrogens with one attached hydrogen (secondary N) is 2. The van der Waals surface area contributed by atoms with Crippen molar-refractivity contribution in [1.82, 2.24) is 10.0 Å². The van der Waals surface area contributed by atoms with E-state index in [1.54, 1.807) is 0 Å². The topological polar surface area (TPSA) is 58.2 Å². The summed E-state index contributed by atoms with van der Waals surface area (Å²) in [4.78, 5) is 0. The fourth-order valence-corrected chi connectivity index (χ4v) is 4.10. The molecule has 2 unspecified atom stereocenters.